The van der Waals surface area contributed by atoms with Gasteiger partial charge in [-0.3, -0.25) is 0 Å². The Balaban J connectivity index is 1.43. The van der Waals surface area contributed by atoms with Crippen molar-refractivity contribution >= 4 is 27.6 Å². The lowest BCUT2D eigenvalue weighted by Crippen LogP contribution is -2.01. The predicted molar refractivity (Wildman–Crippen MR) is 107 cm³/mol. The molecular formula is C22H17N3O3. The molecule has 0 spiro atoms. The van der Waals surface area contributed by atoms with Crippen LogP contribution in [0.4, 0.5) is 5.69 Å². The first-order valence-corrected chi connectivity index (χ1v) is 8.93. The third-order valence-corrected chi connectivity index (χ3v) is 4.62. The molecule has 1 N–H and O–H groups in total. The van der Waals surface area contributed by atoms with E-state index >= 15 is 0 Å². The van der Waals surface area contributed by atoms with Crippen LogP contribution >= 0.6 is 0 Å². The highest BCUT2D eigenvalue weighted by atomic mass is 16.5. The van der Waals surface area contributed by atoms with Crippen LogP contribution in [0.1, 0.15) is 5.89 Å². The molecule has 5 rings (SSSR count). The fourth-order valence-electron chi connectivity index (χ4n) is 3.25. The highest BCUT2D eigenvalue weighted by Crippen LogP contribution is 2.36. The summed E-state index contributed by atoms with van der Waals surface area (Å²) in [6.45, 7) is 0.377. The minimum absolute atomic E-state index is 0.377. The SMILES string of the molecule is COc1cc2c(cc1NCc1nnc(-c3ccccc3)o1)oc1ccccc12. The summed E-state index contributed by atoms with van der Waals surface area (Å²) in [5, 5.41) is 13.6. The molecule has 6 heteroatoms. The molecule has 0 saturated heterocycles. The van der Waals surface area contributed by atoms with Crippen LogP contribution in [0.5, 0.6) is 5.75 Å². The van der Waals surface area contributed by atoms with Gasteiger partial charge in [0, 0.05) is 22.4 Å². The molecule has 0 unspecified atom stereocenters. The first-order chi connectivity index (χ1) is 13.8. The number of aromatic nitrogens is 2. The molecule has 0 radical (unpaired) electrons. The largest absolute Gasteiger partial charge is 0.495 e. The summed E-state index contributed by atoms with van der Waals surface area (Å²) in [6.07, 6.45) is 0. The lowest BCUT2D eigenvalue weighted by atomic mass is 10.1. The number of nitrogens with zero attached hydrogens (tertiary/aromatic N) is 2. The Bertz CT molecular complexity index is 1260. The first-order valence-electron chi connectivity index (χ1n) is 8.93. The second kappa shape index (κ2) is 6.74. The number of furan rings is 1. The van der Waals surface area contributed by atoms with Gasteiger partial charge in [-0.2, -0.15) is 0 Å². The Morgan fingerprint density at radius 2 is 1.68 bits per heavy atom. The normalized spacial score (nSPS) is 11.2. The number of benzene rings is 3. The van der Waals surface area contributed by atoms with Gasteiger partial charge in [0.15, 0.2) is 0 Å². The van der Waals surface area contributed by atoms with Crippen LogP contribution in [-0.2, 0) is 6.54 Å². The number of nitrogens with one attached hydrogen (secondary N) is 1. The van der Waals surface area contributed by atoms with Crippen molar-refractivity contribution in [3.8, 4) is 17.2 Å². The van der Waals surface area contributed by atoms with Crippen molar-refractivity contribution in [2.45, 2.75) is 6.54 Å². The number of hydrogen-bond donors (Lipinski definition) is 1. The van der Waals surface area contributed by atoms with Crippen LogP contribution < -0.4 is 10.1 Å². The predicted octanol–water partition coefficient (Wildman–Crippen LogP) is 5.26. The van der Waals surface area contributed by atoms with Crippen LogP contribution in [0.3, 0.4) is 0 Å². The molecule has 0 aliphatic rings. The van der Waals surface area contributed by atoms with E-state index in [4.69, 9.17) is 13.6 Å². The molecule has 2 aromatic heterocycles. The summed E-state index contributed by atoms with van der Waals surface area (Å²) < 4.78 is 17.3. The molecule has 0 aliphatic carbocycles. The molecule has 0 bridgehead atoms. The average Bonchev–Trinajstić information content (AvgIpc) is 3.36. The van der Waals surface area contributed by atoms with Crippen LogP contribution in [0.2, 0.25) is 0 Å². The average molecular weight is 371 g/mol. The summed E-state index contributed by atoms with van der Waals surface area (Å²) in [7, 11) is 1.65. The number of hydrogen-bond acceptors (Lipinski definition) is 6. The monoisotopic (exact) mass is 371 g/mol. The van der Waals surface area contributed by atoms with Crippen LogP contribution in [-0.4, -0.2) is 17.3 Å². The van der Waals surface area contributed by atoms with Crippen molar-refractivity contribution in [2.24, 2.45) is 0 Å². The standard InChI is InChI=1S/C22H17N3O3/c1-26-20-11-16-15-9-5-6-10-18(15)27-19(16)12-17(20)23-13-21-24-25-22(28-21)14-7-3-2-4-8-14/h2-12,23H,13H2,1H3. The van der Waals surface area contributed by atoms with Gasteiger partial charge >= 0.3 is 0 Å². The maximum atomic E-state index is 5.96. The Kier molecular flexibility index (Phi) is 3.94. The molecule has 0 fully saturated rings. The second-order valence-electron chi connectivity index (χ2n) is 6.37. The van der Waals surface area contributed by atoms with E-state index in [1.807, 2.05) is 66.7 Å². The Labute approximate surface area is 160 Å². The maximum absolute atomic E-state index is 5.96. The van der Waals surface area contributed by atoms with E-state index in [1.54, 1.807) is 7.11 Å². The van der Waals surface area contributed by atoms with Crippen molar-refractivity contribution in [3.63, 3.8) is 0 Å². The highest BCUT2D eigenvalue weighted by molar-refractivity contribution is 6.06. The van der Waals surface area contributed by atoms with Gasteiger partial charge in [-0.25, -0.2) is 0 Å². The first kappa shape index (κ1) is 16.4. The molecule has 3 aromatic carbocycles. The molecule has 0 amide bonds. The zero-order valence-electron chi connectivity index (χ0n) is 15.2. The van der Waals surface area contributed by atoms with Gasteiger partial charge in [0.25, 0.3) is 0 Å². The zero-order valence-corrected chi connectivity index (χ0v) is 15.2. The van der Waals surface area contributed by atoms with Gasteiger partial charge < -0.3 is 18.9 Å². The summed E-state index contributed by atoms with van der Waals surface area (Å²) in [6, 6.07) is 21.5. The fourth-order valence-corrected chi connectivity index (χ4v) is 3.25. The fraction of sp³-hybridized carbons (Fsp3) is 0.0909. The van der Waals surface area contributed by atoms with Gasteiger partial charge in [-0.1, -0.05) is 36.4 Å². The van der Waals surface area contributed by atoms with Gasteiger partial charge in [0.2, 0.25) is 11.8 Å². The highest BCUT2D eigenvalue weighted by Gasteiger charge is 2.13. The number of para-hydroxylation sites is 1. The van der Waals surface area contributed by atoms with E-state index in [0.717, 1.165) is 38.9 Å². The number of fused-ring (bicyclic) bond motifs is 3. The summed E-state index contributed by atoms with van der Waals surface area (Å²) in [5.74, 6) is 1.71. The van der Waals surface area contributed by atoms with Crippen LogP contribution in [0.25, 0.3) is 33.4 Å². The quantitative estimate of drug-likeness (QED) is 0.454. The number of rotatable bonds is 5. The molecule has 0 saturated carbocycles. The molecule has 0 atom stereocenters. The third kappa shape index (κ3) is 2.85. The Morgan fingerprint density at radius 3 is 2.54 bits per heavy atom. The number of ether oxygens (including phenoxy) is 1. The number of methoxy groups -OCH3 is 1. The van der Waals surface area contributed by atoms with E-state index in [9.17, 15) is 0 Å². The maximum Gasteiger partial charge on any atom is 0.247 e. The van der Waals surface area contributed by atoms with Gasteiger partial charge in [0.05, 0.1) is 19.3 Å². The second-order valence-corrected chi connectivity index (χ2v) is 6.37. The molecule has 138 valence electrons. The van der Waals surface area contributed by atoms with E-state index in [2.05, 4.69) is 15.5 Å². The van der Waals surface area contributed by atoms with Crippen LogP contribution in [0, 0.1) is 0 Å². The lowest BCUT2D eigenvalue weighted by Gasteiger charge is -2.09. The summed E-state index contributed by atoms with van der Waals surface area (Å²) in [5.41, 5.74) is 3.33. The topological polar surface area (TPSA) is 73.3 Å². The van der Waals surface area contributed by atoms with Crippen molar-refractivity contribution in [1.82, 2.24) is 10.2 Å². The van der Waals surface area contributed by atoms with Gasteiger partial charge in [-0.05, 0) is 24.3 Å². The molecule has 2 heterocycles. The number of anilines is 1. The molecule has 28 heavy (non-hydrogen) atoms. The van der Waals surface area contributed by atoms with Crippen molar-refractivity contribution in [2.75, 3.05) is 12.4 Å². The van der Waals surface area contributed by atoms with E-state index < -0.39 is 0 Å². The third-order valence-electron chi connectivity index (χ3n) is 4.62. The van der Waals surface area contributed by atoms with Crippen molar-refractivity contribution in [1.29, 1.82) is 0 Å². The molecule has 0 aliphatic heterocycles. The smallest absolute Gasteiger partial charge is 0.247 e. The van der Waals surface area contributed by atoms with Gasteiger partial charge in [-0.15, -0.1) is 10.2 Å². The minimum Gasteiger partial charge on any atom is -0.495 e. The molecule has 5 aromatic rings. The Hall–Kier alpha value is -3.80. The lowest BCUT2D eigenvalue weighted by molar-refractivity contribution is 0.416. The summed E-state index contributed by atoms with van der Waals surface area (Å²) in [4.78, 5) is 0. The van der Waals surface area contributed by atoms with Gasteiger partial charge in [0.1, 0.15) is 16.9 Å². The van der Waals surface area contributed by atoms with E-state index in [-0.39, 0.29) is 0 Å². The van der Waals surface area contributed by atoms with Crippen LogP contribution in [0.15, 0.2) is 75.6 Å². The molecular weight excluding hydrogens is 354 g/mol. The molecule has 6 nitrogen and oxygen atoms in total. The Morgan fingerprint density at radius 1 is 0.857 bits per heavy atom. The zero-order chi connectivity index (χ0) is 18.9. The minimum atomic E-state index is 0.377. The summed E-state index contributed by atoms with van der Waals surface area (Å²) >= 11 is 0. The van der Waals surface area contributed by atoms with E-state index in [0.29, 0.717) is 18.3 Å². The van der Waals surface area contributed by atoms with Crippen molar-refractivity contribution < 1.29 is 13.6 Å². The van der Waals surface area contributed by atoms with Crippen molar-refractivity contribution in [3.05, 3.63) is 72.6 Å². The van der Waals surface area contributed by atoms with E-state index in [1.165, 1.54) is 0 Å².